The lowest BCUT2D eigenvalue weighted by molar-refractivity contribution is 0.177. The molecule has 6 amide bonds. The molecular formula is C66H93N21O9S3. The van der Waals surface area contributed by atoms with E-state index in [2.05, 4.69) is 89.8 Å². The van der Waals surface area contributed by atoms with Gasteiger partial charge < -0.3 is 62.1 Å². The van der Waals surface area contributed by atoms with E-state index in [0.29, 0.717) is 52.5 Å². The van der Waals surface area contributed by atoms with Crippen LogP contribution in [0.15, 0.2) is 51.5 Å². The molecule has 6 aromatic rings. The smallest absolute Gasteiger partial charge is 0.331 e. The van der Waals surface area contributed by atoms with Gasteiger partial charge in [0.25, 0.3) is 0 Å². The van der Waals surface area contributed by atoms with Crippen molar-refractivity contribution in [1.82, 2.24) is 69.7 Å². The van der Waals surface area contributed by atoms with Crippen LogP contribution in [0, 0.1) is 14.3 Å². The number of hydrogen-bond acceptors (Lipinski definition) is 21. The molecule has 6 aliphatic carbocycles. The molecule has 0 bridgehead atoms. The van der Waals surface area contributed by atoms with Crippen LogP contribution in [-0.4, -0.2) is 163 Å². The Morgan fingerprint density at radius 2 is 0.768 bits per heavy atom. The van der Waals surface area contributed by atoms with E-state index in [-0.39, 0.29) is 50.5 Å². The van der Waals surface area contributed by atoms with E-state index in [0.717, 1.165) is 159 Å². The minimum absolute atomic E-state index is 0.0270. The Labute approximate surface area is 578 Å². The van der Waals surface area contributed by atoms with Crippen LogP contribution in [0.25, 0.3) is 0 Å². The Morgan fingerprint density at radius 1 is 0.475 bits per heavy atom. The van der Waals surface area contributed by atoms with E-state index in [1.165, 1.54) is 85.4 Å². The van der Waals surface area contributed by atoms with Gasteiger partial charge in [-0.3, -0.25) is 0 Å². The van der Waals surface area contributed by atoms with Crippen LogP contribution in [0.1, 0.15) is 105 Å². The second kappa shape index (κ2) is 29.7. The second-order valence-electron chi connectivity index (χ2n) is 27.1. The molecule has 6 unspecified atom stereocenters. The van der Waals surface area contributed by atoms with Gasteiger partial charge in [-0.25, -0.2) is 69.6 Å². The van der Waals surface area contributed by atoms with Crippen molar-refractivity contribution in [3.63, 3.8) is 0 Å². The van der Waals surface area contributed by atoms with Crippen molar-refractivity contribution in [3.05, 3.63) is 104 Å². The monoisotopic (exact) mass is 1420 g/mol. The van der Waals surface area contributed by atoms with E-state index in [1.807, 2.05) is 21.1 Å². The van der Waals surface area contributed by atoms with Gasteiger partial charge in [0.1, 0.15) is 34.5 Å². The minimum atomic E-state index is -3.65. The van der Waals surface area contributed by atoms with Crippen molar-refractivity contribution in [3.8, 4) is 17.6 Å². The molecule has 6 heterocycles. The molecule has 9 aliphatic rings. The molecule has 15 rings (SSSR count). The number of aromatic nitrogens is 6. The summed E-state index contributed by atoms with van der Waals surface area (Å²) in [6.45, 7) is 7.23. The summed E-state index contributed by atoms with van der Waals surface area (Å²) in [5.41, 5.74) is 23.0. The average molecular weight is 1420 g/mol. The number of rotatable bonds is 20. The molecule has 0 spiro atoms. The van der Waals surface area contributed by atoms with Gasteiger partial charge in [0.05, 0.1) is 56.4 Å². The maximum Gasteiger partial charge on any atom is 0.331 e. The van der Waals surface area contributed by atoms with Crippen molar-refractivity contribution in [1.29, 1.82) is 14.3 Å². The number of carbonyl (C=O) groups is 3. The highest BCUT2D eigenvalue weighted by Gasteiger charge is 2.35. The van der Waals surface area contributed by atoms with Gasteiger partial charge in [0, 0.05) is 56.3 Å². The number of anilines is 3. The fourth-order valence-electron chi connectivity index (χ4n) is 15.2. The first-order valence-electron chi connectivity index (χ1n) is 34.6. The summed E-state index contributed by atoms with van der Waals surface area (Å²) in [4.78, 5) is 41.0. The van der Waals surface area contributed by atoms with Crippen molar-refractivity contribution < 1.29 is 41.2 Å². The molecule has 3 aromatic carbocycles. The molecule has 15 N–H and O–H groups in total. The molecule has 534 valence electrons. The summed E-state index contributed by atoms with van der Waals surface area (Å²) < 4.78 is 94.1. The standard InChI is InChI=1S/C23H33N7O3S.C22H31N7O3S.C21H29N7O3S/c1-29(2)10-9-25-17-13-30-22(33-14-17)20(12-26-30)34(24,32)28-23(31)27-21-18-7-3-5-15(18)11-16-6-4-8-19(16)21;1-24-8-9-25-16-12-29-21(32-13-16)19(11-26-29)33(23,31)28-22(30)27-20-17-6-2-4-14(17)10-15-5-3-7-18(15)20;22-7-8-24-15-11-28-20(31-12-15)18(10-25-28)32(23,30)27-21(29)26-19-16-5-1-3-13(16)9-14-4-2-6-17(14)19/h11-12,17,25H,3-10,13-14H2,1-2H3,(H3,24,27,28,31,32);10-11,16,24-25H,2-9,12-13H2,1H3,(H3,23,27,28,30,31);9-10,15,24H,1-8,11-12,22H2,(H3,23,26,27,29,30). The Kier molecular flexibility index (Phi) is 20.9. The highest BCUT2D eigenvalue weighted by molar-refractivity contribution is 7.91. The third kappa shape index (κ3) is 15.3. The van der Waals surface area contributed by atoms with Crippen molar-refractivity contribution in [2.45, 2.75) is 168 Å². The molecule has 3 aromatic heterocycles. The van der Waals surface area contributed by atoms with Crippen molar-refractivity contribution in [2.75, 3.05) is 96.2 Å². The average Bonchev–Trinajstić information content (AvgIpc) is 1.66. The highest BCUT2D eigenvalue weighted by Crippen LogP contribution is 2.42. The Bertz CT molecular complexity index is 4320. The molecule has 3 aliphatic heterocycles. The van der Waals surface area contributed by atoms with E-state index in [9.17, 15) is 27.0 Å². The first kappa shape index (κ1) is 69.6. The predicted octanol–water partition coefficient (Wildman–Crippen LogP) is 4.80. The van der Waals surface area contributed by atoms with E-state index < -0.39 is 47.8 Å². The number of amides is 6. The van der Waals surface area contributed by atoms with E-state index in [4.69, 9.17) is 34.3 Å². The number of nitrogens with one attached hydrogen (secondary N) is 13. The number of nitrogens with zero attached hydrogens (tertiary/aromatic N) is 7. The van der Waals surface area contributed by atoms with Gasteiger partial charge in [-0.05, 0) is 203 Å². The summed E-state index contributed by atoms with van der Waals surface area (Å²) >= 11 is 0. The lowest BCUT2D eigenvalue weighted by Crippen LogP contribution is -2.44. The van der Waals surface area contributed by atoms with E-state index in [1.54, 1.807) is 14.0 Å². The third-order valence-corrected chi connectivity index (χ3v) is 24.0. The summed E-state index contributed by atoms with van der Waals surface area (Å²) in [5.74, 6) is 0.827. The molecular weight excluding hydrogens is 1330 g/mol. The summed E-state index contributed by atoms with van der Waals surface area (Å²) in [5, 5.41) is 34.7. The Balaban J connectivity index is 0.000000133. The lowest BCUT2D eigenvalue weighted by Gasteiger charge is -2.26. The third-order valence-electron chi connectivity index (χ3n) is 19.9. The number of ether oxygens (including phenoxy) is 3. The summed E-state index contributed by atoms with van der Waals surface area (Å²) in [6, 6.07) is 5.13. The van der Waals surface area contributed by atoms with Crippen LogP contribution in [0.4, 0.5) is 31.4 Å². The van der Waals surface area contributed by atoms with Crippen LogP contribution >= 0.6 is 0 Å². The van der Waals surface area contributed by atoms with Crippen molar-refractivity contribution >= 4 is 64.9 Å². The van der Waals surface area contributed by atoms with Crippen LogP contribution in [-0.2, 0) is 126 Å². The summed E-state index contributed by atoms with van der Waals surface area (Å²) in [7, 11) is -5.02. The molecule has 0 saturated carbocycles. The molecule has 30 nitrogen and oxygen atoms in total. The zero-order valence-electron chi connectivity index (χ0n) is 56.5. The Morgan fingerprint density at radius 3 is 1.05 bits per heavy atom. The fourth-order valence-corrected chi connectivity index (χ4v) is 18.3. The maximum atomic E-state index is 13.3. The fraction of sp³-hybridized carbons (Fsp3) is 0.545. The van der Waals surface area contributed by atoms with Crippen molar-refractivity contribution in [2.24, 2.45) is 5.73 Å². The lowest BCUT2D eigenvalue weighted by atomic mass is 9.99. The van der Waals surface area contributed by atoms with Gasteiger partial charge in [-0.1, -0.05) is 18.2 Å². The van der Waals surface area contributed by atoms with Gasteiger partial charge in [0.2, 0.25) is 17.6 Å². The number of nitrogens with two attached hydrogens (primary N) is 1. The van der Waals surface area contributed by atoms with Crippen LogP contribution < -0.4 is 71.3 Å². The number of aryl methyl sites for hydroxylation is 6. The predicted molar refractivity (Wildman–Crippen MR) is 375 cm³/mol. The van der Waals surface area contributed by atoms with Crippen LogP contribution in [0.3, 0.4) is 0 Å². The second-order valence-corrected chi connectivity index (χ2v) is 32.4. The van der Waals surface area contributed by atoms with Gasteiger partial charge in [-0.2, -0.15) is 15.3 Å². The number of benzene rings is 3. The van der Waals surface area contributed by atoms with Crippen LogP contribution in [0.2, 0.25) is 0 Å². The summed E-state index contributed by atoms with van der Waals surface area (Å²) in [6.07, 6.45) is 22.3. The van der Waals surface area contributed by atoms with E-state index >= 15 is 0 Å². The quantitative estimate of drug-likeness (QED) is 0.0456. The van der Waals surface area contributed by atoms with Gasteiger partial charge in [-0.15, -0.1) is 0 Å². The topological polar surface area (TPSA) is 405 Å². The first-order chi connectivity index (χ1) is 47.7. The normalized spacial score (nSPS) is 20.4. The number of hydrogen-bond donors (Lipinski definition) is 14. The van der Waals surface area contributed by atoms with Gasteiger partial charge in [0.15, 0.2) is 29.7 Å². The number of fused-ring (bicyclic) bond motifs is 9. The largest absolute Gasteiger partial charge is 0.475 e. The molecule has 0 fully saturated rings. The maximum absolute atomic E-state index is 13.3. The Hall–Kier alpha value is -7.89. The molecule has 99 heavy (non-hydrogen) atoms. The van der Waals surface area contributed by atoms with Gasteiger partial charge >= 0.3 is 18.1 Å². The first-order valence-corrected chi connectivity index (χ1v) is 39.3. The SMILES string of the molecule is CN(C)CCNC1COc2c(S(=N)(=O)NC(=O)Nc3c4c(cc5c3CCC5)CCC4)cnn2C1.CNCCNC1COc2c(S(=N)(=O)NC(=O)Nc3c4c(cc5c3CCC5)CCC4)cnn2C1.N=S(=O)(NC(=O)Nc1c2c(cc3c1CCC3)CCC2)c1cnn2c1OCC(NCCN)C2. The zero-order valence-corrected chi connectivity index (χ0v) is 59.0. The minimum Gasteiger partial charge on any atom is -0.475 e. The molecule has 6 atom stereocenters. The number of urea groups is 3. The number of likely N-dealkylation sites (N-methyl/N-ethyl adjacent to an activating group) is 2. The molecule has 0 saturated heterocycles. The zero-order chi connectivity index (χ0) is 69.2. The molecule has 0 radical (unpaired) electrons. The highest BCUT2D eigenvalue weighted by atomic mass is 32.2. The number of carbonyl (C=O) groups excluding carboxylic acids is 3. The van der Waals surface area contributed by atoms with Crippen LogP contribution in [0.5, 0.6) is 17.6 Å². The molecule has 33 heteroatoms.